The highest BCUT2D eigenvalue weighted by atomic mass is 127. The van der Waals surface area contributed by atoms with Crippen molar-refractivity contribution < 1.29 is 9.72 Å². The highest BCUT2D eigenvalue weighted by Gasteiger charge is 2.12. The first-order valence-electron chi connectivity index (χ1n) is 5.02. The van der Waals surface area contributed by atoms with Crippen LogP contribution in [0, 0.1) is 13.7 Å². The van der Waals surface area contributed by atoms with Crippen molar-refractivity contribution in [3.8, 4) is 0 Å². The molecule has 92 valence electrons. The van der Waals surface area contributed by atoms with E-state index in [-0.39, 0.29) is 18.0 Å². The number of hydrogen-bond donors (Lipinski definition) is 0. The van der Waals surface area contributed by atoms with E-state index in [9.17, 15) is 14.9 Å². The van der Waals surface area contributed by atoms with E-state index in [1.807, 2.05) is 0 Å². The van der Waals surface area contributed by atoms with Crippen LogP contribution in [0.4, 0.5) is 5.69 Å². The number of nitro benzene ring substituents is 1. The van der Waals surface area contributed by atoms with Crippen molar-refractivity contribution >= 4 is 34.1 Å². The minimum Gasteiger partial charge on any atom is -0.292 e. The molecular weight excluding hydrogens is 349 g/mol. The smallest absolute Gasteiger partial charge is 0.270 e. The molecule has 0 fully saturated rings. The lowest BCUT2D eigenvalue weighted by atomic mass is 10.1. The second kappa shape index (κ2) is 5.25. The molecule has 18 heavy (non-hydrogen) atoms. The van der Waals surface area contributed by atoms with Gasteiger partial charge in [0.2, 0.25) is 0 Å². The maximum Gasteiger partial charge on any atom is 0.270 e. The summed E-state index contributed by atoms with van der Waals surface area (Å²) in [5.74, 6) is -0.210. The second-order valence-electron chi connectivity index (χ2n) is 3.59. The first kappa shape index (κ1) is 12.7. The number of nitrogens with zero attached hydrogens (tertiary/aromatic N) is 3. The van der Waals surface area contributed by atoms with Crippen LogP contribution in [0.5, 0.6) is 0 Å². The Bertz CT molecular complexity index is 609. The lowest BCUT2D eigenvalue weighted by molar-refractivity contribution is -0.384. The van der Waals surface area contributed by atoms with Gasteiger partial charge in [-0.25, -0.2) is 0 Å². The van der Waals surface area contributed by atoms with E-state index in [0.717, 1.165) is 3.57 Å². The van der Waals surface area contributed by atoms with Crippen molar-refractivity contribution in [1.82, 2.24) is 9.78 Å². The van der Waals surface area contributed by atoms with Crippen LogP contribution < -0.4 is 0 Å². The van der Waals surface area contributed by atoms with Crippen LogP contribution in [0.25, 0.3) is 0 Å². The van der Waals surface area contributed by atoms with Gasteiger partial charge in [0, 0.05) is 23.9 Å². The van der Waals surface area contributed by atoms with Gasteiger partial charge in [0.15, 0.2) is 5.78 Å². The summed E-state index contributed by atoms with van der Waals surface area (Å²) in [5.41, 5.74) is 0.227. The molecule has 0 saturated heterocycles. The lowest BCUT2D eigenvalue weighted by Gasteiger charge is -2.01. The van der Waals surface area contributed by atoms with Crippen LogP contribution in [0.3, 0.4) is 0 Å². The maximum atomic E-state index is 11.9. The van der Waals surface area contributed by atoms with E-state index in [1.165, 1.54) is 22.9 Å². The molecule has 1 heterocycles. The predicted octanol–water partition coefficient (Wildman–Crippen LogP) is 2.28. The molecular formula is C11H8IN3O3. The van der Waals surface area contributed by atoms with Gasteiger partial charge in [0.1, 0.15) is 6.54 Å². The minimum atomic E-state index is -0.520. The standard InChI is InChI=1S/C11H8IN3O3/c12-9-5-13-14(6-9)7-11(16)8-2-1-3-10(4-8)15(17)18/h1-6H,7H2. The summed E-state index contributed by atoms with van der Waals surface area (Å²) in [4.78, 5) is 22.0. The van der Waals surface area contributed by atoms with E-state index >= 15 is 0 Å². The average molecular weight is 357 g/mol. The number of hydrogen-bond acceptors (Lipinski definition) is 4. The number of nitro groups is 1. The zero-order chi connectivity index (χ0) is 13.1. The first-order chi connectivity index (χ1) is 8.56. The van der Waals surface area contributed by atoms with Crippen molar-refractivity contribution in [3.63, 3.8) is 0 Å². The molecule has 0 spiro atoms. The zero-order valence-corrected chi connectivity index (χ0v) is 11.3. The zero-order valence-electron chi connectivity index (χ0n) is 9.12. The molecule has 0 bridgehead atoms. The highest BCUT2D eigenvalue weighted by Crippen LogP contribution is 2.14. The Labute approximate surface area is 116 Å². The first-order valence-corrected chi connectivity index (χ1v) is 6.10. The maximum absolute atomic E-state index is 11.9. The van der Waals surface area contributed by atoms with Gasteiger partial charge >= 0.3 is 0 Å². The molecule has 0 unspecified atom stereocenters. The Balaban J connectivity index is 2.18. The van der Waals surface area contributed by atoms with Crippen LogP contribution in [0.2, 0.25) is 0 Å². The van der Waals surface area contributed by atoms with Gasteiger partial charge in [0.05, 0.1) is 14.7 Å². The van der Waals surface area contributed by atoms with Crippen molar-refractivity contribution in [3.05, 3.63) is 55.9 Å². The number of Topliss-reactive ketones (excluding diaryl/α,β-unsaturated/α-hetero) is 1. The highest BCUT2D eigenvalue weighted by molar-refractivity contribution is 14.1. The van der Waals surface area contributed by atoms with Crippen molar-refractivity contribution in [2.24, 2.45) is 0 Å². The molecule has 7 heteroatoms. The molecule has 2 rings (SSSR count). The topological polar surface area (TPSA) is 78.0 Å². The van der Waals surface area contributed by atoms with Crippen LogP contribution in [0.15, 0.2) is 36.7 Å². The fourth-order valence-electron chi connectivity index (χ4n) is 1.46. The number of halogens is 1. The largest absolute Gasteiger partial charge is 0.292 e. The Kier molecular flexibility index (Phi) is 3.70. The monoisotopic (exact) mass is 357 g/mol. The van der Waals surface area contributed by atoms with E-state index < -0.39 is 4.92 Å². The third kappa shape index (κ3) is 2.92. The number of non-ortho nitro benzene ring substituents is 1. The SMILES string of the molecule is O=C(Cn1cc(I)cn1)c1cccc([N+](=O)[O-])c1. The van der Waals surface area contributed by atoms with Crippen LogP contribution >= 0.6 is 22.6 Å². The summed E-state index contributed by atoms with van der Waals surface area (Å²) in [7, 11) is 0. The van der Waals surface area contributed by atoms with E-state index in [4.69, 9.17) is 0 Å². The van der Waals surface area contributed by atoms with Crippen LogP contribution in [-0.2, 0) is 6.54 Å². The normalized spacial score (nSPS) is 10.3. The summed E-state index contributed by atoms with van der Waals surface area (Å²) in [6.45, 7) is 0.0736. The molecule has 6 nitrogen and oxygen atoms in total. The molecule has 0 aliphatic heterocycles. The molecule has 0 aliphatic rings. The number of carbonyl (C=O) groups is 1. The Morgan fingerprint density at radius 3 is 2.89 bits per heavy atom. The van der Waals surface area contributed by atoms with Crippen LogP contribution in [-0.4, -0.2) is 20.5 Å². The van der Waals surface area contributed by atoms with Crippen molar-refractivity contribution in [1.29, 1.82) is 0 Å². The summed E-state index contributed by atoms with van der Waals surface area (Å²) >= 11 is 2.09. The van der Waals surface area contributed by atoms with Crippen molar-refractivity contribution in [2.75, 3.05) is 0 Å². The lowest BCUT2D eigenvalue weighted by Crippen LogP contribution is -2.11. The number of aromatic nitrogens is 2. The number of carbonyl (C=O) groups excluding carboxylic acids is 1. The summed E-state index contributed by atoms with van der Waals surface area (Å²) < 4.78 is 2.43. The average Bonchev–Trinajstić information content (AvgIpc) is 2.75. The Hall–Kier alpha value is -1.77. The molecule has 0 radical (unpaired) electrons. The van der Waals surface area contributed by atoms with E-state index in [1.54, 1.807) is 18.5 Å². The molecule has 0 amide bonds. The van der Waals surface area contributed by atoms with Gasteiger partial charge in [-0.1, -0.05) is 12.1 Å². The summed E-state index contributed by atoms with van der Waals surface area (Å²) in [6, 6.07) is 5.69. The summed E-state index contributed by atoms with van der Waals surface area (Å²) in [5, 5.41) is 14.6. The predicted molar refractivity (Wildman–Crippen MR) is 72.4 cm³/mol. The fraction of sp³-hybridized carbons (Fsp3) is 0.0909. The van der Waals surface area contributed by atoms with Gasteiger partial charge in [-0.15, -0.1) is 0 Å². The van der Waals surface area contributed by atoms with Crippen LogP contribution in [0.1, 0.15) is 10.4 Å². The summed E-state index contributed by atoms with van der Waals surface area (Å²) in [6.07, 6.45) is 3.37. The third-order valence-electron chi connectivity index (χ3n) is 2.29. The molecule has 0 N–H and O–H groups in total. The molecule has 0 atom stereocenters. The molecule has 1 aromatic carbocycles. The van der Waals surface area contributed by atoms with Gasteiger partial charge in [-0.2, -0.15) is 5.10 Å². The number of rotatable bonds is 4. The number of ketones is 1. The second-order valence-corrected chi connectivity index (χ2v) is 4.83. The molecule has 0 saturated carbocycles. The third-order valence-corrected chi connectivity index (χ3v) is 2.84. The molecule has 2 aromatic rings. The fourth-order valence-corrected chi connectivity index (χ4v) is 1.90. The van der Waals surface area contributed by atoms with Crippen molar-refractivity contribution in [2.45, 2.75) is 6.54 Å². The quantitative estimate of drug-likeness (QED) is 0.364. The van der Waals surface area contributed by atoms with E-state index in [0.29, 0.717) is 5.56 Å². The Morgan fingerprint density at radius 1 is 1.50 bits per heavy atom. The molecule has 0 aliphatic carbocycles. The minimum absolute atomic E-state index is 0.0736. The Morgan fingerprint density at radius 2 is 2.28 bits per heavy atom. The molecule has 1 aromatic heterocycles. The van der Waals surface area contributed by atoms with Gasteiger partial charge in [-0.05, 0) is 22.6 Å². The van der Waals surface area contributed by atoms with E-state index in [2.05, 4.69) is 27.7 Å². The van der Waals surface area contributed by atoms with Gasteiger partial charge in [-0.3, -0.25) is 19.6 Å². The van der Waals surface area contributed by atoms with Gasteiger partial charge in [0.25, 0.3) is 5.69 Å². The number of benzene rings is 1. The van der Waals surface area contributed by atoms with Gasteiger partial charge < -0.3 is 0 Å².